The fraction of sp³-hybridized carbons (Fsp3) is 0.273. The van der Waals surface area contributed by atoms with Gasteiger partial charge in [0.1, 0.15) is 0 Å². The third kappa shape index (κ3) is 3.61. The molecule has 86 valence electrons. The normalized spacial score (nSPS) is 11.0. The molecular formula is C11H15N3O2. The quantitative estimate of drug-likeness (QED) is 0.463. The number of nitrogens with two attached hydrogens (primary N) is 1. The minimum Gasteiger partial charge on any atom is -0.449 e. The number of benzene rings is 1. The summed E-state index contributed by atoms with van der Waals surface area (Å²) in [6.45, 7) is 3.83. The topological polar surface area (TPSA) is 76.7 Å². The van der Waals surface area contributed by atoms with Crippen molar-refractivity contribution >= 4 is 17.5 Å². The highest BCUT2D eigenvalue weighted by Gasteiger charge is 2.00. The van der Waals surface area contributed by atoms with Crippen molar-refractivity contribution in [1.82, 2.24) is 5.43 Å². The first-order valence-corrected chi connectivity index (χ1v) is 4.96. The highest BCUT2D eigenvalue weighted by atomic mass is 16.5. The lowest BCUT2D eigenvalue weighted by Crippen LogP contribution is -2.20. The molecule has 5 nitrogen and oxygen atoms in total. The molecule has 0 aliphatic heterocycles. The van der Waals surface area contributed by atoms with Crippen LogP contribution in [-0.4, -0.2) is 18.4 Å². The van der Waals surface area contributed by atoms with Gasteiger partial charge in [0.05, 0.1) is 12.3 Å². The number of rotatable bonds is 3. The number of nitrogens with one attached hydrogen (secondary N) is 1. The van der Waals surface area contributed by atoms with Crippen molar-refractivity contribution in [2.75, 3.05) is 12.3 Å². The van der Waals surface area contributed by atoms with E-state index in [-0.39, 0.29) is 0 Å². The van der Waals surface area contributed by atoms with Crippen LogP contribution >= 0.6 is 0 Å². The SMILES string of the molecule is CCOC(=O)N/N=C(\C)c1cccc(N)c1. The van der Waals surface area contributed by atoms with Gasteiger partial charge in [-0.2, -0.15) is 5.10 Å². The summed E-state index contributed by atoms with van der Waals surface area (Å²) in [7, 11) is 0. The molecule has 1 amide bonds. The van der Waals surface area contributed by atoms with Gasteiger partial charge in [0.15, 0.2) is 0 Å². The van der Waals surface area contributed by atoms with Gasteiger partial charge in [-0.3, -0.25) is 0 Å². The number of anilines is 1. The summed E-state index contributed by atoms with van der Waals surface area (Å²) in [6, 6.07) is 7.26. The van der Waals surface area contributed by atoms with Crippen LogP contribution in [0.2, 0.25) is 0 Å². The maximum Gasteiger partial charge on any atom is 0.427 e. The Kier molecular flexibility index (Phi) is 4.32. The third-order valence-electron chi connectivity index (χ3n) is 1.89. The third-order valence-corrected chi connectivity index (χ3v) is 1.89. The van der Waals surface area contributed by atoms with E-state index in [0.29, 0.717) is 18.0 Å². The van der Waals surface area contributed by atoms with Crippen LogP contribution in [0.1, 0.15) is 19.4 Å². The Morgan fingerprint density at radius 3 is 2.94 bits per heavy atom. The molecule has 0 aromatic heterocycles. The second-order valence-electron chi connectivity index (χ2n) is 3.15. The second kappa shape index (κ2) is 5.75. The standard InChI is InChI=1S/C11H15N3O2/c1-3-16-11(15)14-13-8(2)9-5-4-6-10(12)7-9/h4-7H,3,12H2,1-2H3,(H,14,15)/b13-8+. The number of carbonyl (C=O) groups is 1. The van der Waals surface area contributed by atoms with Crippen molar-refractivity contribution in [2.45, 2.75) is 13.8 Å². The van der Waals surface area contributed by atoms with Crippen molar-refractivity contribution in [2.24, 2.45) is 5.10 Å². The van der Waals surface area contributed by atoms with Crippen LogP contribution in [0.25, 0.3) is 0 Å². The van der Waals surface area contributed by atoms with E-state index >= 15 is 0 Å². The van der Waals surface area contributed by atoms with Gasteiger partial charge in [0.2, 0.25) is 0 Å². The number of amides is 1. The van der Waals surface area contributed by atoms with Crippen LogP contribution in [-0.2, 0) is 4.74 Å². The summed E-state index contributed by atoms with van der Waals surface area (Å²) < 4.78 is 4.67. The van der Waals surface area contributed by atoms with E-state index in [1.165, 1.54) is 0 Å². The molecule has 1 aromatic rings. The summed E-state index contributed by atoms with van der Waals surface area (Å²) in [5.41, 5.74) is 10.1. The Morgan fingerprint density at radius 2 is 2.31 bits per heavy atom. The Bertz CT molecular complexity index is 402. The molecule has 0 aliphatic carbocycles. The molecular weight excluding hydrogens is 206 g/mol. The number of hydrogen-bond donors (Lipinski definition) is 2. The largest absolute Gasteiger partial charge is 0.449 e. The van der Waals surface area contributed by atoms with E-state index in [1.807, 2.05) is 12.1 Å². The first kappa shape index (κ1) is 12.0. The summed E-state index contributed by atoms with van der Waals surface area (Å²) in [6.07, 6.45) is -0.564. The zero-order valence-electron chi connectivity index (χ0n) is 9.36. The van der Waals surface area contributed by atoms with E-state index in [4.69, 9.17) is 5.73 Å². The average Bonchev–Trinajstić information content (AvgIpc) is 2.26. The number of hydrogen-bond acceptors (Lipinski definition) is 4. The number of nitrogen functional groups attached to an aromatic ring is 1. The van der Waals surface area contributed by atoms with E-state index in [0.717, 1.165) is 5.56 Å². The molecule has 0 bridgehead atoms. The predicted molar refractivity (Wildman–Crippen MR) is 63.2 cm³/mol. The number of nitrogens with zero attached hydrogens (tertiary/aromatic N) is 1. The fourth-order valence-corrected chi connectivity index (χ4v) is 1.12. The second-order valence-corrected chi connectivity index (χ2v) is 3.15. The Labute approximate surface area is 94.3 Å². The zero-order chi connectivity index (χ0) is 12.0. The first-order chi connectivity index (χ1) is 7.63. The molecule has 0 saturated carbocycles. The van der Waals surface area contributed by atoms with Crippen molar-refractivity contribution in [3.8, 4) is 0 Å². The average molecular weight is 221 g/mol. The molecule has 16 heavy (non-hydrogen) atoms. The molecule has 0 radical (unpaired) electrons. The van der Waals surface area contributed by atoms with Crippen molar-refractivity contribution in [3.63, 3.8) is 0 Å². The maximum absolute atomic E-state index is 11.0. The molecule has 1 aromatic carbocycles. The van der Waals surface area contributed by atoms with E-state index in [2.05, 4.69) is 15.3 Å². The van der Waals surface area contributed by atoms with Gasteiger partial charge in [0, 0.05) is 5.69 Å². The Balaban J connectivity index is 2.67. The van der Waals surface area contributed by atoms with Gasteiger partial charge in [-0.05, 0) is 31.5 Å². The zero-order valence-corrected chi connectivity index (χ0v) is 9.36. The summed E-state index contributed by atoms with van der Waals surface area (Å²) >= 11 is 0. The predicted octanol–water partition coefficient (Wildman–Crippen LogP) is 1.74. The molecule has 0 unspecified atom stereocenters. The smallest absolute Gasteiger partial charge is 0.427 e. The van der Waals surface area contributed by atoms with E-state index in [9.17, 15) is 4.79 Å². The molecule has 0 aliphatic rings. The van der Waals surface area contributed by atoms with E-state index < -0.39 is 6.09 Å². The van der Waals surface area contributed by atoms with Crippen LogP contribution in [0, 0.1) is 0 Å². The fourth-order valence-electron chi connectivity index (χ4n) is 1.12. The molecule has 0 fully saturated rings. The molecule has 1 rings (SSSR count). The van der Waals surface area contributed by atoms with Crippen LogP contribution in [0.5, 0.6) is 0 Å². The van der Waals surface area contributed by atoms with Crippen molar-refractivity contribution < 1.29 is 9.53 Å². The Morgan fingerprint density at radius 1 is 1.56 bits per heavy atom. The molecule has 0 atom stereocenters. The minimum absolute atomic E-state index is 0.318. The molecule has 0 saturated heterocycles. The number of carbonyl (C=O) groups excluding carboxylic acids is 1. The van der Waals surface area contributed by atoms with Gasteiger partial charge >= 0.3 is 6.09 Å². The maximum atomic E-state index is 11.0. The Hall–Kier alpha value is -2.04. The molecule has 0 heterocycles. The lowest BCUT2D eigenvalue weighted by atomic mass is 10.1. The number of ether oxygens (including phenoxy) is 1. The van der Waals surface area contributed by atoms with E-state index in [1.54, 1.807) is 26.0 Å². The summed E-state index contributed by atoms with van der Waals surface area (Å²) in [4.78, 5) is 11.0. The summed E-state index contributed by atoms with van der Waals surface area (Å²) in [5.74, 6) is 0. The lowest BCUT2D eigenvalue weighted by molar-refractivity contribution is 0.152. The monoisotopic (exact) mass is 221 g/mol. The summed E-state index contributed by atoms with van der Waals surface area (Å²) in [5, 5.41) is 3.89. The van der Waals surface area contributed by atoms with Crippen LogP contribution in [0.4, 0.5) is 10.5 Å². The molecule has 3 N–H and O–H groups in total. The molecule has 0 spiro atoms. The number of hydrazone groups is 1. The molecule has 5 heteroatoms. The van der Waals surface area contributed by atoms with Gasteiger partial charge in [-0.1, -0.05) is 12.1 Å². The van der Waals surface area contributed by atoms with Crippen LogP contribution in [0.15, 0.2) is 29.4 Å². The van der Waals surface area contributed by atoms with Gasteiger partial charge < -0.3 is 10.5 Å². The van der Waals surface area contributed by atoms with Gasteiger partial charge in [-0.15, -0.1) is 0 Å². The van der Waals surface area contributed by atoms with Gasteiger partial charge in [0.25, 0.3) is 0 Å². The van der Waals surface area contributed by atoms with Crippen LogP contribution in [0.3, 0.4) is 0 Å². The first-order valence-electron chi connectivity index (χ1n) is 4.96. The highest BCUT2D eigenvalue weighted by molar-refractivity contribution is 5.99. The minimum atomic E-state index is -0.564. The highest BCUT2D eigenvalue weighted by Crippen LogP contribution is 2.07. The van der Waals surface area contributed by atoms with Crippen LogP contribution < -0.4 is 11.2 Å². The lowest BCUT2D eigenvalue weighted by Gasteiger charge is -2.03. The van der Waals surface area contributed by atoms with Gasteiger partial charge in [-0.25, -0.2) is 10.2 Å². The van der Waals surface area contributed by atoms with Crippen molar-refractivity contribution in [1.29, 1.82) is 0 Å². The van der Waals surface area contributed by atoms with Crippen molar-refractivity contribution in [3.05, 3.63) is 29.8 Å².